The summed E-state index contributed by atoms with van der Waals surface area (Å²) in [5.74, 6) is -1.20. The first-order valence-electron chi connectivity index (χ1n) is 32.3. The Morgan fingerprint density at radius 3 is 1.34 bits per heavy atom. The number of rotatable bonds is 55. The summed E-state index contributed by atoms with van der Waals surface area (Å²) in [6, 6.07) is -1.03. The standard InChI is InChI=1S/C65H121NO10/c1-4-7-10-13-16-19-22-25-27-28-29-30-31-32-33-35-38-41-44-47-50-53-60(70)76-63-62(72)61(71)59(54-67)75-65(63)74-55-56(57(68)51-48-45-42-39-36-24-21-18-15-12-9-6-3)66-64(73)58(69)52-49-46-43-40-37-34-26-23-20-17-14-11-8-5-2/h17,20,23,26,48,51,56-59,61-63,65,67-69,71-72H,4-16,18-19,21-22,24-25,27-47,49-50,52-55H2,1-3H3,(H,66,73)/b20-17+,26-23+,51-48+. The molecule has 0 spiro atoms. The third kappa shape index (κ3) is 41.0. The highest BCUT2D eigenvalue weighted by Gasteiger charge is 2.47. The lowest BCUT2D eigenvalue weighted by Crippen LogP contribution is -2.61. The lowest BCUT2D eigenvalue weighted by molar-refractivity contribution is -0.305. The van der Waals surface area contributed by atoms with Crippen LogP contribution >= 0.6 is 0 Å². The molecule has 11 heteroatoms. The summed E-state index contributed by atoms with van der Waals surface area (Å²) >= 11 is 0. The lowest BCUT2D eigenvalue weighted by Gasteiger charge is -2.41. The van der Waals surface area contributed by atoms with Gasteiger partial charge in [0, 0.05) is 6.42 Å². The monoisotopic (exact) mass is 1080 g/mol. The topological polar surface area (TPSA) is 175 Å². The number of ether oxygens (including phenoxy) is 3. The number of unbranched alkanes of at least 4 members (excludes halogenated alkanes) is 38. The van der Waals surface area contributed by atoms with Crippen molar-refractivity contribution in [2.75, 3.05) is 13.2 Å². The maximum absolute atomic E-state index is 13.4. The van der Waals surface area contributed by atoms with Gasteiger partial charge in [-0.2, -0.15) is 0 Å². The van der Waals surface area contributed by atoms with Crippen LogP contribution in [0.2, 0.25) is 0 Å². The molecule has 8 unspecified atom stereocenters. The molecule has 0 aliphatic carbocycles. The molecule has 446 valence electrons. The van der Waals surface area contributed by atoms with E-state index in [0.29, 0.717) is 12.8 Å². The van der Waals surface area contributed by atoms with Gasteiger partial charge in [0.1, 0.15) is 24.4 Å². The molecule has 1 amide bonds. The number of esters is 1. The van der Waals surface area contributed by atoms with Crippen molar-refractivity contribution in [3.05, 3.63) is 36.5 Å². The number of aliphatic hydroxyl groups excluding tert-OH is 5. The van der Waals surface area contributed by atoms with Crippen molar-refractivity contribution in [2.45, 2.75) is 352 Å². The van der Waals surface area contributed by atoms with Gasteiger partial charge in [-0.05, 0) is 51.4 Å². The van der Waals surface area contributed by atoms with Gasteiger partial charge in [0.05, 0.1) is 25.4 Å². The average molecular weight is 1080 g/mol. The molecule has 0 aromatic carbocycles. The predicted octanol–water partition coefficient (Wildman–Crippen LogP) is 15.5. The van der Waals surface area contributed by atoms with Gasteiger partial charge in [-0.3, -0.25) is 9.59 Å². The highest BCUT2D eigenvalue weighted by Crippen LogP contribution is 2.26. The second kappa shape index (κ2) is 53.5. The Morgan fingerprint density at radius 2 is 0.895 bits per heavy atom. The van der Waals surface area contributed by atoms with Crippen molar-refractivity contribution in [2.24, 2.45) is 0 Å². The number of amides is 1. The summed E-state index contributed by atoms with van der Waals surface area (Å²) in [5.41, 5.74) is 0. The van der Waals surface area contributed by atoms with Gasteiger partial charge in [0.2, 0.25) is 5.91 Å². The van der Waals surface area contributed by atoms with E-state index in [4.69, 9.17) is 14.2 Å². The van der Waals surface area contributed by atoms with E-state index < -0.39 is 67.4 Å². The van der Waals surface area contributed by atoms with Crippen molar-refractivity contribution in [3.63, 3.8) is 0 Å². The Morgan fingerprint density at radius 1 is 0.513 bits per heavy atom. The summed E-state index contributed by atoms with van der Waals surface area (Å²) in [4.78, 5) is 26.5. The smallest absolute Gasteiger partial charge is 0.306 e. The fraction of sp³-hybridized carbons (Fsp3) is 0.877. The SMILES string of the molecule is CCCCC/C=C/C=C/CCCCCCCC(O)C(=O)NC(COC1OC(CO)C(O)C(O)C1OC(=O)CCCCCCCCCCCCCCCCCCCCCCC)C(O)/C=C/CCCCCCCCCCCC. The average Bonchev–Trinajstić information content (AvgIpc) is 3.42. The van der Waals surface area contributed by atoms with Crippen LogP contribution in [-0.2, 0) is 23.8 Å². The molecule has 11 nitrogen and oxygen atoms in total. The predicted molar refractivity (Wildman–Crippen MR) is 315 cm³/mol. The Bertz CT molecular complexity index is 1380. The zero-order valence-electron chi connectivity index (χ0n) is 49.4. The number of aliphatic hydroxyl groups is 5. The summed E-state index contributed by atoms with van der Waals surface area (Å²) in [6.07, 6.45) is 53.3. The molecule has 0 aromatic rings. The minimum absolute atomic E-state index is 0.127. The number of hydrogen-bond donors (Lipinski definition) is 6. The zero-order chi connectivity index (χ0) is 55.4. The van der Waals surface area contributed by atoms with Gasteiger partial charge in [0.25, 0.3) is 0 Å². The molecule has 1 aliphatic heterocycles. The molecule has 1 fully saturated rings. The summed E-state index contributed by atoms with van der Waals surface area (Å²) in [7, 11) is 0. The largest absolute Gasteiger partial charge is 0.454 e. The molecule has 0 aromatic heterocycles. The highest BCUT2D eigenvalue weighted by molar-refractivity contribution is 5.80. The van der Waals surface area contributed by atoms with E-state index in [1.165, 1.54) is 180 Å². The third-order valence-electron chi connectivity index (χ3n) is 15.3. The number of carbonyl (C=O) groups is 2. The molecular formula is C65H121NO10. The van der Waals surface area contributed by atoms with Crippen LogP contribution in [0.5, 0.6) is 0 Å². The molecule has 0 saturated carbocycles. The highest BCUT2D eigenvalue weighted by atomic mass is 16.7. The van der Waals surface area contributed by atoms with Crippen LogP contribution in [0.3, 0.4) is 0 Å². The third-order valence-corrected chi connectivity index (χ3v) is 15.3. The van der Waals surface area contributed by atoms with Crippen LogP contribution in [0.25, 0.3) is 0 Å². The maximum Gasteiger partial charge on any atom is 0.306 e. The van der Waals surface area contributed by atoms with Crippen molar-refractivity contribution in [1.82, 2.24) is 5.32 Å². The number of hydrogen-bond acceptors (Lipinski definition) is 10. The van der Waals surface area contributed by atoms with Crippen LogP contribution in [-0.4, -0.2) is 99.6 Å². The van der Waals surface area contributed by atoms with Crippen molar-refractivity contribution in [1.29, 1.82) is 0 Å². The first kappa shape index (κ1) is 71.9. The Balaban J connectivity index is 2.63. The minimum atomic E-state index is -1.61. The van der Waals surface area contributed by atoms with Gasteiger partial charge in [0.15, 0.2) is 12.4 Å². The fourth-order valence-electron chi connectivity index (χ4n) is 10.2. The normalized spacial score (nSPS) is 19.3. The molecule has 1 heterocycles. The van der Waals surface area contributed by atoms with Gasteiger partial charge in [-0.1, -0.05) is 282 Å². The van der Waals surface area contributed by atoms with Crippen molar-refractivity contribution in [3.8, 4) is 0 Å². The van der Waals surface area contributed by atoms with Crippen LogP contribution < -0.4 is 5.32 Å². The van der Waals surface area contributed by atoms with Crippen LogP contribution in [0, 0.1) is 0 Å². The fourth-order valence-corrected chi connectivity index (χ4v) is 10.2. The molecule has 76 heavy (non-hydrogen) atoms. The number of carbonyl (C=O) groups excluding carboxylic acids is 2. The van der Waals surface area contributed by atoms with Gasteiger partial charge >= 0.3 is 5.97 Å². The number of allylic oxidation sites excluding steroid dienone is 5. The maximum atomic E-state index is 13.4. The number of nitrogens with one attached hydrogen (secondary N) is 1. The van der Waals surface area contributed by atoms with E-state index in [1.54, 1.807) is 6.08 Å². The van der Waals surface area contributed by atoms with Crippen LogP contribution in [0.4, 0.5) is 0 Å². The molecule has 1 aliphatic rings. The summed E-state index contributed by atoms with van der Waals surface area (Å²) in [6.45, 7) is 5.78. The molecule has 1 rings (SSSR count). The first-order valence-corrected chi connectivity index (χ1v) is 32.3. The van der Waals surface area contributed by atoms with E-state index in [-0.39, 0.29) is 19.4 Å². The van der Waals surface area contributed by atoms with Gasteiger partial charge < -0.3 is 45.1 Å². The van der Waals surface area contributed by atoms with Crippen LogP contribution in [0.15, 0.2) is 36.5 Å². The summed E-state index contributed by atoms with van der Waals surface area (Å²) < 4.78 is 17.6. The lowest BCUT2D eigenvalue weighted by atomic mass is 9.99. The van der Waals surface area contributed by atoms with Gasteiger partial charge in [-0.25, -0.2) is 0 Å². The second-order valence-electron chi connectivity index (χ2n) is 22.5. The molecule has 0 radical (unpaired) electrons. The zero-order valence-corrected chi connectivity index (χ0v) is 49.4. The minimum Gasteiger partial charge on any atom is -0.454 e. The van der Waals surface area contributed by atoms with Crippen LogP contribution in [0.1, 0.15) is 303 Å². The first-order chi connectivity index (χ1) is 37.2. The van der Waals surface area contributed by atoms with E-state index in [0.717, 1.165) is 77.0 Å². The van der Waals surface area contributed by atoms with E-state index in [2.05, 4.69) is 50.4 Å². The van der Waals surface area contributed by atoms with Gasteiger partial charge in [-0.15, -0.1) is 0 Å². The van der Waals surface area contributed by atoms with Crippen molar-refractivity contribution < 1.29 is 49.3 Å². The van der Waals surface area contributed by atoms with E-state index in [9.17, 15) is 35.1 Å². The molecule has 8 atom stereocenters. The van der Waals surface area contributed by atoms with E-state index in [1.807, 2.05) is 6.08 Å². The Kier molecular flexibility index (Phi) is 50.6. The molecular weight excluding hydrogens is 955 g/mol. The molecule has 1 saturated heterocycles. The van der Waals surface area contributed by atoms with Crippen molar-refractivity contribution >= 4 is 11.9 Å². The second-order valence-corrected chi connectivity index (χ2v) is 22.5. The summed E-state index contributed by atoms with van der Waals surface area (Å²) in [5, 5.41) is 57.0. The Labute approximate surface area is 466 Å². The Hall–Kier alpha value is -2.12. The quantitative estimate of drug-likeness (QED) is 0.0149. The molecule has 6 N–H and O–H groups in total. The molecule has 0 bridgehead atoms. The van der Waals surface area contributed by atoms with E-state index >= 15 is 0 Å².